The van der Waals surface area contributed by atoms with Crippen molar-refractivity contribution in [2.24, 2.45) is 5.41 Å². The van der Waals surface area contributed by atoms with Crippen LogP contribution >= 0.6 is 0 Å². The molecule has 0 radical (unpaired) electrons. The van der Waals surface area contributed by atoms with Crippen molar-refractivity contribution >= 4 is 6.09 Å². The number of rotatable bonds is 2. The Hall–Kier alpha value is -1.77. The van der Waals surface area contributed by atoms with Crippen molar-refractivity contribution in [1.29, 1.82) is 0 Å². The molecular weight excluding hydrogens is 250 g/mol. The highest BCUT2D eigenvalue weighted by Gasteiger charge is 2.36. The van der Waals surface area contributed by atoms with Crippen LogP contribution in [0.4, 0.5) is 4.79 Å². The fourth-order valence-corrected chi connectivity index (χ4v) is 3.13. The second kappa shape index (κ2) is 5.70. The van der Waals surface area contributed by atoms with Gasteiger partial charge in [0, 0.05) is 13.1 Å². The quantitative estimate of drug-likeness (QED) is 0.767. The summed E-state index contributed by atoms with van der Waals surface area (Å²) in [6.07, 6.45) is 8.95. The number of hydrogen-bond acceptors (Lipinski definition) is 2. The van der Waals surface area contributed by atoms with Gasteiger partial charge >= 0.3 is 6.09 Å². The van der Waals surface area contributed by atoms with Crippen LogP contribution in [0.1, 0.15) is 31.2 Å². The summed E-state index contributed by atoms with van der Waals surface area (Å²) in [6.45, 7) is 2.02. The van der Waals surface area contributed by atoms with Crippen molar-refractivity contribution < 1.29 is 9.53 Å². The Kier molecular flexibility index (Phi) is 3.77. The van der Waals surface area contributed by atoms with Gasteiger partial charge < -0.3 is 9.64 Å². The van der Waals surface area contributed by atoms with Crippen molar-refractivity contribution in [2.75, 3.05) is 13.1 Å². The lowest BCUT2D eigenvalue weighted by molar-refractivity contribution is 0.0646. The largest absolute Gasteiger partial charge is 0.445 e. The topological polar surface area (TPSA) is 29.5 Å². The molecule has 1 fully saturated rings. The monoisotopic (exact) mass is 271 g/mol. The maximum Gasteiger partial charge on any atom is 0.410 e. The first-order valence-electron chi connectivity index (χ1n) is 7.38. The van der Waals surface area contributed by atoms with Crippen LogP contribution < -0.4 is 0 Å². The summed E-state index contributed by atoms with van der Waals surface area (Å²) in [5, 5.41) is 0. The maximum absolute atomic E-state index is 12.1. The van der Waals surface area contributed by atoms with E-state index in [9.17, 15) is 4.79 Å². The number of benzene rings is 1. The van der Waals surface area contributed by atoms with Crippen molar-refractivity contribution in [3.8, 4) is 0 Å². The normalized spacial score (nSPS) is 20.3. The first-order chi connectivity index (χ1) is 9.77. The van der Waals surface area contributed by atoms with E-state index in [-0.39, 0.29) is 6.09 Å². The van der Waals surface area contributed by atoms with Crippen LogP contribution in [-0.4, -0.2) is 24.1 Å². The van der Waals surface area contributed by atoms with Gasteiger partial charge in [0.05, 0.1) is 0 Å². The molecule has 20 heavy (non-hydrogen) atoms. The molecule has 0 unspecified atom stereocenters. The van der Waals surface area contributed by atoms with Gasteiger partial charge in [0.15, 0.2) is 0 Å². The summed E-state index contributed by atoms with van der Waals surface area (Å²) in [7, 11) is 0. The molecule has 0 saturated carbocycles. The predicted octanol–water partition coefficient (Wildman–Crippen LogP) is 3.76. The third-order valence-corrected chi connectivity index (χ3v) is 4.56. The van der Waals surface area contributed by atoms with Gasteiger partial charge in [-0.15, -0.1) is 0 Å². The molecule has 1 aromatic rings. The van der Waals surface area contributed by atoms with Crippen molar-refractivity contribution in [1.82, 2.24) is 4.90 Å². The van der Waals surface area contributed by atoms with Gasteiger partial charge in [-0.05, 0) is 36.7 Å². The molecule has 1 aromatic carbocycles. The highest BCUT2D eigenvalue weighted by molar-refractivity contribution is 5.67. The zero-order valence-corrected chi connectivity index (χ0v) is 11.8. The third kappa shape index (κ3) is 2.87. The number of carbonyl (C=O) groups excluding carboxylic acids is 1. The van der Waals surface area contributed by atoms with Gasteiger partial charge in [-0.3, -0.25) is 0 Å². The summed E-state index contributed by atoms with van der Waals surface area (Å²) in [4.78, 5) is 13.9. The first-order valence-corrected chi connectivity index (χ1v) is 7.38. The van der Waals surface area contributed by atoms with E-state index in [0.29, 0.717) is 12.0 Å². The molecule has 3 nitrogen and oxygen atoms in total. The molecule has 1 aliphatic carbocycles. The molecule has 3 rings (SSSR count). The summed E-state index contributed by atoms with van der Waals surface area (Å²) < 4.78 is 5.39. The van der Waals surface area contributed by atoms with E-state index in [1.807, 2.05) is 35.2 Å². The van der Waals surface area contributed by atoms with Gasteiger partial charge in [-0.2, -0.15) is 0 Å². The first kappa shape index (κ1) is 13.2. The van der Waals surface area contributed by atoms with Crippen molar-refractivity contribution in [3.63, 3.8) is 0 Å². The molecular formula is C17H21NO2. The number of carbonyl (C=O) groups is 1. The molecule has 1 aliphatic heterocycles. The van der Waals surface area contributed by atoms with Crippen molar-refractivity contribution in [2.45, 2.75) is 32.3 Å². The van der Waals surface area contributed by atoms with Crippen LogP contribution in [0.3, 0.4) is 0 Å². The number of hydrogen-bond donors (Lipinski definition) is 0. The van der Waals surface area contributed by atoms with Gasteiger partial charge in [-0.1, -0.05) is 42.5 Å². The molecule has 2 aliphatic rings. The average molecular weight is 271 g/mol. The SMILES string of the molecule is O=C(OCc1ccccc1)N1CCC2(CC=CC2)CC1. The van der Waals surface area contributed by atoms with E-state index in [1.54, 1.807) is 0 Å². The zero-order chi connectivity index (χ0) is 13.8. The van der Waals surface area contributed by atoms with Crippen LogP contribution in [0, 0.1) is 5.41 Å². The third-order valence-electron chi connectivity index (χ3n) is 4.56. The highest BCUT2D eigenvalue weighted by Crippen LogP contribution is 2.42. The number of amides is 1. The van der Waals surface area contributed by atoms with Crippen LogP contribution in [0.2, 0.25) is 0 Å². The summed E-state index contributed by atoms with van der Waals surface area (Å²) in [5.41, 5.74) is 1.48. The molecule has 1 spiro atoms. The lowest BCUT2D eigenvalue weighted by Crippen LogP contribution is -2.42. The minimum absolute atomic E-state index is 0.172. The zero-order valence-electron chi connectivity index (χ0n) is 11.8. The molecule has 1 heterocycles. The minimum atomic E-state index is -0.172. The average Bonchev–Trinajstić information content (AvgIpc) is 2.95. The summed E-state index contributed by atoms with van der Waals surface area (Å²) in [5.74, 6) is 0. The maximum atomic E-state index is 12.1. The summed E-state index contributed by atoms with van der Waals surface area (Å²) in [6, 6.07) is 9.83. The predicted molar refractivity (Wildman–Crippen MR) is 78.2 cm³/mol. The number of nitrogens with zero attached hydrogens (tertiary/aromatic N) is 1. The lowest BCUT2D eigenvalue weighted by Gasteiger charge is -2.38. The Labute approximate surface area is 120 Å². The Morgan fingerprint density at radius 2 is 1.75 bits per heavy atom. The number of ether oxygens (including phenoxy) is 1. The number of piperidine rings is 1. The van der Waals surface area contributed by atoms with Gasteiger partial charge in [0.25, 0.3) is 0 Å². The molecule has 0 aromatic heterocycles. The van der Waals surface area contributed by atoms with Crippen LogP contribution in [-0.2, 0) is 11.3 Å². The van der Waals surface area contributed by atoms with Crippen LogP contribution in [0.5, 0.6) is 0 Å². The Bertz CT molecular complexity index is 477. The molecule has 0 bridgehead atoms. The van der Waals surface area contributed by atoms with Crippen LogP contribution in [0.25, 0.3) is 0 Å². The second-order valence-electron chi connectivity index (χ2n) is 5.91. The second-order valence-corrected chi connectivity index (χ2v) is 5.91. The molecule has 106 valence electrons. The molecule has 1 saturated heterocycles. The smallest absolute Gasteiger partial charge is 0.410 e. The number of likely N-dealkylation sites (tertiary alicyclic amines) is 1. The van der Waals surface area contributed by atoms with Gasteiger partial charge in [-0.25, -0.2) is 4.79 Å². The molecule has 1 amide bonds. The fourth-order valence-electron chi connectivity index (χ4n) is 3.13. The van der Waals surface area contributed by atoms with E-state index < -0.39 is 0 Å². The van der Waals surface area contributed by atoms with Gasteiger partial charge in [0.1, 0.15) is 6.61 Å². The standard InChI is InChI=1S/C17H21NO2/c19-16(20-14-15-6-2-1-3-7-15)18-12-10-17(11-13-18)8-4-5-9-17/h1-7H,8-14H2. The summed E-state index contributed by atoms with van der Waals surface area (Å²) >= 11 is 0. The van der Waals surface area contributed by atoms with E-state index in [1.165, 1.54) is 12.8 Å². The van der Waals surface area contributed by atoms with E-state index in [2.05, 4.69) is 12.2 Å². The minimum Gasteiger partial charge on any atom is -0.445 e. The Morgan fingerprint density at radius 1 is 1.10 bits per heavy atom. The van der Waals surface area contributed by atoms with Crippen molar-refractivity contribution in [3.05, 3.63) is 48.0 Å². The fraction of sp³-hybridized carbons (Fsp3) is 0.471. The Balaban J connectivity index is 1.47. The van der Waals surface area contributed by atoms with E-state index >= 15 is 0 Å². The van der Waals surface area contributed by atoms with Crippen LogP contribution in [0.15, 0.2) is 42.5 Å². The van der Waals surface area contributed by atoms with Gasteiger partial charge in [0.2, 0.25) is 0 Å². The molecule has 3 heteroatoms. The Morgan fingerprint density at radius 3 is 2.40 bits per heavy atom. The van der Waals surface area contributed by atoms with E-state index in [0.717, 1.165) is 31.5 Å². The number of allylic oxidation sites excluding steroid dienone is 2. The lowest BCUT2D eigenvalue weighted by atomic mass is 9.76. The highest BCUT2D eigenvalue weighted by atomic mass is 16.6. The molecule has 0 N–H and O–H groups in total. The molecule has 0 atom stereocenters. The van der Waals surface area contributed by atoms with E-state index in [4.69, 9.17) is 4.74 Å².